The number of rotatable bonds is 3. The lowest BCUT2D eigenvalue weighted by atomic mass is 10.1. The number of esters is 1. The van der Waals surface area contributed by atoms with E-state index in [0.29, 0.717) is 22.4 Å². The number of benzene rings is 1. The van der Waals surface area contributed by atoms with Crippen molar-refractivity contribution in [2.75, 3.05) is 0 Å². The van der Waals surface area contributed by atoms with Crippen LogP contribution < -0.4 is 0 Å². The largest absolute Gasteiger partial charge is 0.449 e. The number of carbonyl (C=O) groups is 1. The fourth-order valence-electron chi connectivity index (χ4n) is 2.13. The first-order valence-corrected chi connectivity index (χ1v) is 6.65. The molecule has 0 aliphatic carbocycles. The number of aryl methyl sites for hydroxylation is 2. The Morgan fingerprint density at radius 3 is 2.73 bits per heavy atom. The maximum Gasteiger partial charge on any atom is 0.375 e. The van der Waals surface area contributed by atoms with Gasteiger partial charge in [-0.3, -0.25) is 0 Å². The number of fused-ring (bicyclic) bond motifs is 1. The number of hydrogen-bond acceptors (Lipinski definition) is 6. The SMILES string of the molecule is Cc1nnc([C@H](C)OC(=O)c2oc3ccc(F)cc3c2C)o1. The zero-order valence-corrected chi connectivity index (χ0v) is 12.2. The molecular formula is C15H13FN2O4. The van der Waals surface area contributed by atoms with Crippen LogP contribution in [0.4, 0.5) is 4.39 Å². The molecule has 3 aromatic rings. The average molecular weight is 304 g/mol. The van der Waals surface area contributed by atoms with Crippen molar-refractivity contribution in [1.82, 2.24) is 10.2 Å². The van der Waals surface area contributed by atoms with Gasteiger partial charge in [-0.1, -0.05) is 0 Å². The van der Waals surface area contributed by atoms with E-state index in [4.69, 9.17) is 13.6 Å². The van der Waals surface area contributed by atoms with Crippen LogP contribution >= 0.6 is 0 Å². The van der Waals surface area contributed by atoms with Gasteiger partial charge >= 0.3 is 5.97 Å². The number of carbonyl (C=O) groups excluding carboxylic acids is 1. The van der Waals surface area contributed by atoms with Crippen LogP contribution in [0.5, 0.6) is 0 Å². The number of furan rings is 1. The maximum atomic E-state index is 13.3. The predicted molar refractivity (Wildman–Crippen MR) is 73.8 cm³/mol. The molecule has 22 heavy (non-hydrogen) atoms. The zero-order chi connectivity index (χ0) is 15.9. The van der Waals surface area contributed by atoms with Crippen molar-refractivity contribution in [2.45, 2.75) is 26.9 Å². The van der Waals surface area contributed by atoms with Crippen LogP contribution in [0.25, 0.3) is 11.0 Å². The van der Waals surface area contributed by atoms with Gasteiger partial charge in [0.1, 0.15) is 11.4 Å². The summed E-state index contributed by atoms with van der Waals surface area (Å²) in [5, 5.41) is 8.01. The van der Waals surface area contributed by atoms with E-state index in [2.05, 4.69) is 10.2 Å². The number of nitrogens with zero attached hydrogens (tertiary/aromatic N) is 2. The van der Waals surface area contributed by atoms with Crippen LogP contribution in [0.2, 0.25) is 0 Å². The van der Waals surface area contributed by atoms with Crippen molar-refractivity contribution >= 4 is 16.9 Å². The van der Waals surface area contributed by atoms with Gasteiger partial charge in [0.2, 0.25) is 11.7 Å². The van der Waals surface area contributed by atoms with Gasteiger partial charge in [-0.05, 0) is 32.0 Å². The van der Waals surface area contributed by atoms with Gasteiger partial charge in [-0.25, -0.2) is 9.18 Å². The fraction of sp³-hybridized carbons (Fsp3) is 0.267. The number of aromatic nitrogens is 2. The van der Waals surface area contributed by atoms with Crippen LogP contribution in [0, 0.1) is 19.7 Å². The van der Waals surface area contributed by atoms with Crippen LogP contribution in [0.15, 0.2) is 27.0 Å². The van der Waals surface area contributed by atoms with E-state index in [0.717, 1.165) is 0 Å². The minimum Gasteiger partial charge on any atom is -0.449 e. The Morgan fingerprint density at radius 2 is 2.05 bits per heavy atom. The minimum absolute atomic E-state index is 0.0312. The molecule has 1 aromatic carbocycles. The van der Waals surface area contributed by atoms with E-state index in [1.54, 1.807) is 20.8 Å². The molecule has 2 heterocycles. The van der Waals surface area contributed by atoms with Crippen molar-refractivity contribution in [3.8, 4) is 0 Å². The summed E-state index contributed by atoms with van der Waals surface area (Å²) in [4.78, 5) is 12.2. The summed E-state index contributed by atoms with van der Waals surface area (Å²) in [6.45, 7) is 4.93. The number of halogens is 1. The smallest absolute Gasteiger partial charge is 0.375 e. The molecule has 3 rings (SSSR count). The summed E-state index contributed by atoms with van der Waals surface area (Å²) in [6, 6.07) is 4.05. The molecule has 1 atom stereocenters. The first-order chi connectivity index (χ1) is 10.5. The lowest BCUT2D eigenvalue weighted by Crippen LogP contribution is -2.09. The fourth-order valence-corrected chi connectivity index (χ4v) is 2.13. The van der Waals surface area contributed by atoms with Gasteiger partial charge in [0.25, 0.3) is 5.89 Å². The summed E-state index contributed by atoms with van der Waals surface area (Å²) < 4.78 is 29.2. The molecule has 6 nitrogen and oxygen atoms in total. The highest BCUT2D eigenvalue weighted by Gasteiger charge is 2.24. The molecule has 0 fully saturated rings. The van der Waals surface area contributed by atoms with Crippen LogP contribution in [-0.4, -0.2) is 16.2 Å². The topological polar surface area (TPSA) is 78.4 Å². The second-order valence-electron chi connectivity index (χ2n) is 4.90. The quantitative estimate of drug-likeness (QED) is 0.689. The Hall–Kier alpha value is -2.70. The Balaban J connectivity index is 1.87. The van der Waals surface area contributed by atoms with Crippen molar-refractivity contribution < 1.29 is 22.8 Å². The first kappa shape index (κ1) is 14.2. The monoisotopic (exact) mass is 304 g/mol. The molecule has 2 aromatic heterocycles. The van der Waals surface area contributed by atoms with Gasteiger partial charge in [-0.2, -0.15) is 0 Å². The molecule has 0 radical (unpaired) electrons. The normalized spacial score (nSPS) is 12.5. The summed E-state index contributed by atoms with van der Waals surface area (Å²) in [5.41, 5.74) is 0.945. The van der Waals surface area contributed by atoms with Gasteiger partial charge in [0.05, 0.1) is 0 Å². The zero-order valence-electron chi connectivity index (χ0n) is 12.2. The summed E-state index contributed by atoms with van der Waals surface area (Å²) in [7, 11) is 0. The van der Waals surface area contributed by atoms with Gasteiger partial charge in [0, 0.05) is 17.9 Å². The number of hydrogen-bond donors (Lipinski definition) is 0. The molecule has 0 amide bonds. The predicted octanol–water partition coefficient (Wildman–Crippen LogP) is 3.49. The minimum atomic E-state index is -0.710. The molecule has 0 N–H and O–H groups in total. The molecule has 0 bridgehead atoms. The Bertz CT molecular complexity index is 852. The highest BCUT2D eigenvalue weighted by Crippen LogP contribution is 2.28. The van der Waals surface area contributed by atoms with Crippen molar-refractivity contribution in [2.24, 2.45) is 0 Å². The molecule has 0 saturated carbocycles. The highest BCUT2D eigenvalue weighted by molar-refractivity contribution is 5.95. The third-order valence-corrected chi connectivity index (χ3v) is 3.26. The molecule has 0 spiro atoms. The first-order valence-electron chi connectivity index (χ1n) is 6.65. The highest BCUT2D eigenvalue weighted by atomic mass is 19.1. The third-order valence-electron chi connectivity index (χ3n) is 3.26. The maximum absolute atomic E-state index is 13.3. The average Bonchev–Trinajstić information content (AvgIpc) is 3.04. The Morgan fingerprint density at radius 1 is 1.27 bits per heavy atom. The van der Waals surface area contributed by atoms with E-state index in [9.17, 15) is 9.18 Å². The van der Waals surface area contributed by atoms with E-state index in [1.807, 2.05) is 0 Å². The van der Waals surface area contributed by atoms with Crippen molar-refractivity contribution in [1.29, 1.82) is 0 Å². The van der Waals surface area contributed by atoms with Crippen molar-refractivity contribution in [3.63, 3.8) is 0 Å². The second-order valence-corrected chi connectivity index (χ2v) is 4.90. The summed E-state index contributed by atoms with van der Waals surface area (Å²) >= 11 is 0. The van der Waals surface area contributed by atoms with Crippen LogP contribution in [0.3, 0.4) is 0 Å². The van der Waals surface area contributed by atoms with Gasteiger partial charge in [-0.15, -0.1) is 10.2 Å². The van der Waals surface area contributed by atoms with Crippen LogP contribution in [0.1, 0.15) is 40.9 Å². The Kier molecular flexibility index (Phi) is 3.40. The number of ether oxygens (including phenoxy) is 1. The van der Waals surface area contributed by atoms with Crippen LogP contribution in [-0.2, 0) is 4.74 Å². The van der Waals surface area contributed by atoms with E-state index < -0.39 is 17.9 Å². The van der Waals surface area contributed by atoms with Crippen molar-refractivity contribution in [3.05, 3.63) is 47.1 Å². The molecule has 0 aliphatic heterocycles. The summed E-state index contributed by atoms with van der Waals surface area (Å²) in [6.07, 6.45) is -0.710. The van der Waals surface area contributed by atoms with E-state index >= 15 is 0 Å². The molecular weight excluding hydrogens is 291 g/mol. The molecule has 0 aliphatic rings. The molecule has 7 heteroatoms. The molecule has 0 unspecified atom stereocenters. The van der Waals surface area contributed by atoms with Gasteiger partial charge < -0.3 is 13.6 Å². The lowest BCUT2D eigenvalue weighted by molar-refractivity contribution is 0.0243. The third kappa shape index (κ3) is 2.45. The summed E-state index contributed by atoms with van der Waals surface area (Å²) in [5.74, 6) is -0.453. The standard InChI is InChI=1S/C15H13FN2O4/c1-7-11-6-10(16)4-5-12(11)22-13(7)15(19)20-8(2)14-18-17-9(3)21-14/h4-6,8H,1-3H3/t8-/m0/s1. The van der Waals surface area contributed by atoms with Gasteiger partial charge in [0.15, 0.2) is 6.10 Å². The van der Waals surface area contributed by atoms with E-state index in [1.165, 1.54) is 18.2 Å². The van der Waals surface area contributed by atoms with E-state index in [-0.39, 0.29) is 11.7 Å². The molecule has 0 saturated heterocycles. The Labute approximate surface area is 124 Å². The lowest BCUT2D eigenvalue weighted by Gasteiger charge is -2.07. The second kappa shape index (κ2) is 5.25. The molecule has 114 valence electrons.